The van der Waals surface area contributed by atoms with Gasteiger partial charge in [-0.25, -0.2) is 4.79 Å². The van der Waals surface area contributed by atoms with Gasteiger partial charge in [0.25, 0.3) is 5.91 Å². The molecule has 0 saturated carbocycles. The highest BCUT2D eigenvalue weighted by molar-refractivity contribution is 6.07. The standard InChI is InChI=1S/C24H28N2O5/c1-3-16-6-8-19(9-7-16)31-15-18(27)14-26-22(28)24(25-23(26)29)12-4-5-17-13-20(30-2)10-11-21(17)24/h6-11,13,18,27H,3-5,12,14-15H2,1-2H3,(H,25,29). The zero-order valence-corrected chi connectivity index (χ0v) is 17.9. The number of carbonyl (C=O) groups is 2. The van der Waals surface area contributed by atoms with Gasteiger partial charge in [-0.2, -0.15) is 0 Å². The second-order valence-electron chi connectivity index (χ2n) is 8.09. The van der Waals surface area contributed by atoms with Crippen molar-refractivity contribution in [1.82, 2.24) is 10.2 Å². The van der Waals surface area contributed by atoms with E-state index < -0.39 is 17.7 Å². The Balaban J connectivity index is 1.45. The molecule has 7 heteroatoms. The van der Waals surface area contributed by atoms with Crippen LogP contribution in [0.25, 0.3) is 0 Å². The molecule has 1 aliphatic carbocycles. The number of methoxy groups -OCH3 is 1. The normalized spacial score (nSPS) is 21.1. The van der Waals surface area contributed by atoms with Crippen molar-refractivity contribution in [3.8, 4) is 11.5 Å². The average molecular weight is 424 g/mol. The van der Waals surface area contributed by atoms with E-state index in [1.54, 1.807) is 13.2 Å². The molecule has 7 nitrogen and oxygen atoms in total. The number of β-amino-alcohol motifs (C(OH)–C–C–N with tert-alkyl or cyclic N) is 1. The fourth-order valence-electron chi connectivity index (χ4n) is 4.42. The van der Waals surface area contributed by atoms with Crippen LogP contribution in [0, 0.1) is 0 Å². The number of hydrogen-bond donors (Lipinski definition) is 2. The predicted molar refractivity (Wildman–Crippen MR) is 115 cm³/mol. The van der Waals surface area contributed by atoms with E-state index in [0.717, 1.165) is 41.0 Å². The van der Waals surface area contributed by atoms with Gasteiger partial charge in [0.15, 0.2) is 0 Å². The van der Waals surface area contributed by atoms with Gasteiger partial charge in [-0.05, 0) is 66.6 Å². The van der Waals surface area contributed by atoms with Gasteiger partial charge in [0.05, 0.1) is 13.7 Å². The molecule has 3 amide bonds. The molecule has 164 valence electrons. The Hall–Kier alpha value is -3.06. The molecule has 0 aromatic heterocycles. The third-order valence-corrected chi connectivity index (χ3v) is 6.11. The lowest BCUT2D eigenvalue weighted by Crippen LogP contribution is -2.47. The lowest BCUT2D eigenvalue weighted by Gasteiger charge is -2.33. The van der Waals surface area contributed by atoms with E-state index in [9.17, 15) is 14.7 Å². The Morgan fingerprint density at radius 2 is 1.90 bits per heavy atom. The third kappa shape index (κ3) is 3.97. The van der Waals surface area contributed by atoms with E-state index >= 15 is 0 Å². The maximum atomic E-state index is 13.3. The number of rotatable bonds is 7. The van der Waals surface area contributed by atoms with Crippen LogP contribution in [-0.4, -0.2) is 48.3 Å². The van der Waals surface area contributed by atoms with Crippen molar-refractivity contribution in [3.05, 3.63) is 59.2 Å². The maximum Gasteiger partial charge on any atom is 0.325 e. The molecule has 2 aromatic rings. The summed E-state index contributed by atoms with van der Waals surface area (Å²) in [5.41, 5.74) is 1.93. The number of aliphatic hydroxyl groups excluding tert-OH is 1. The highest BCUT2D eigenvalue weighted by Crippen LogP contribution is 2.41. The van der Waals surface area contributed by atoms with Crippen molar-refractivity contribution in [2.45, 2.75) is 44.2 Å². The fraction of sp³-hybridized carbons (Fsp3) is 0.417. The van der Waals surface area contributed by atoms with Gasteiger partial charge in [-0.1, -0.05) is 25.1 Å². The Bertz CT molecular complexity index is 974. The maximum absolute atomic E-state index is 13.3. The van der Waals surface area contributed by atoms with E-state index in [0.29, 0.717) is 12.2 Å². The number of hydrogen-bond acceptors (Lipinski definition) is 5. The van der Waals surface area contributed by atoms with Crippen molar-refractivity contribution >= 4 is 11.9 Å². The van der Waals surface area contributed by atoms with E-state index in [1.807, 2.05) is 36.4 Å². The molecule has 4 rings (SSSR count). The first-order valence-electron chi connectivity index (χ1n) is 10.7. The van der Waals surface area contributed by atoms with Crippen molar-refractivity contribution in [3.63, 3.8) is 0 Å². The minimum atomic E-state index is -1.08. The quantitative estimate of drug-likeness (QED) is 0.668. The number of aliphatic hydroxyl groups is 1. The Morgan fingerprint density at radius 1 is 1.16 bits per heavy atom. The molecule has 2 unspecified atom stereocenters. The number of amides is 3. The Labute approximate surface area is 182 Å². The van der Waals surface area contributed by atoms with Crippen LogP contribution >= 0.6 is 0 Å². The predicted octanol–water partition coefficient (Wildman–Crippen LogP) is 2.78. The van der Waals surface area contributed by atoms with Crippen molar-refractivity contribution in [2.75, 3.05) is 20.3 Å². The molecule has 1 saturated heterocycles. The van der Waals surface area contributed by atoms with E-state index in [1.165, 1.54) is 5.56 Å². The zero-order chi connectivity index (χ0) is 22.0. The summed E-state index contributed by atoms with van der Waals surface area (Å²) >= 11 is 0. The van der Waals surface area contributed by atoms with Crippen LogP contribution in [0.1, 0.15) is 36.5 Å². The zero-order valence-electron chi connectivity index (χ0n) is 17.9. The summed E-state index contributed by atoms with van der Waals surface area (Å²) in [4.78, 5) is 27.1. The van der Waals surface area contributed by atoms with E-state index in [4.69, 9.17) is 9.47 Å². The second kappa shape index (κ2) is 8.59. The summed E-state index contributed by atoms with van der Waals surface area (Å²) in [7, 11) is 1.60. The first kappa shape index (κ1) is 21.2. The number of carbonyl (C=O) groups excluding carboxylic acids is 2. The van der Waals surface area contributed by atoms with Crippen molar-refractivity contribution in [1.29, 1.82) is 0 Å². The molecule has 31 heavy (non-hydrogen) atoms. The van der Waals surface area contributed by atoms with Gasteiger partial charge in [-0.3, -0.25) is 9.69 Å². The van der Waals surface area contributed by atoms with Gasteiger partial charge in [0, 0.05) is 0 Å². The molecule has 2 aromatic carbocycles. The number of nitrogens with zero attached hydrogens (tertiary/aromatic N) is 1. The van der Waals surface area contributed by atoms with Crippen LogP contribution in [-0.2, 0) is 23.2 Å². The van der Waals surface area contributed by atoms with E-state index in [-0.39, 0.29) is 19.1 Å². The molecule has 0 radical (unpaired) electrons. The summed E-state index contributed by atoms with van der Waals surface area (Å²) < 4.78 is 10.9. The molecule has 2 N–H and O–H groups in total. The van der Waals surface area contributed by atoms with Gasteiger partial charge in [0.2, 0.25) is 0 Å². The second-order valence-corrected chi connectivity index (χ2v) is 8.09. The minimum absolute atomic E-state index is 0.0106. The average Bonchev–Trinajstić information content (AvgIpc) is 3.02. The summed E-state index contributed by atoms with van der Waals surface area (Å²) in [6.07, 6.45) is 2.08. The first-order chi connectivity index (χ1) is 15.0. The number of benzene rings is 2. The van der Waals surface area contributed by atoms with Crippen LogP contribution in [0.5, 0.6) is 11.5 Å². The Kier molecular flexibility index (Phi) is 5.87. The van der Waals surface area contributed by atoms with Crippen LogP contribution < -0.4 is 14.8 Å². The van der Waals surface area contributed by atoms with Crippen LogP contribution in [0.2, 0.25) is 0 Å². The topological polar surface area (TPSA) is 88.1 Å². The molecule has 2 aliphatic rings. The number of imide groups is 1. The van der Waals surface area contributed by atoms with Crippen molar-refractivity contribution in [2.24, 2.45) is 0 Å². The molecule has 1 fully saturated rings. The molecule has 2 atom stereocenters. The third-order valence-electron chi connectivity index (χ3n) is 6.11. The molecular weight excluding hydrogens is 396 g/mol. The Morgan fingerprint density at radius 3 is 2.61 bits per heavy atom. The summed E-state index contributed by atoms with van der Waals surface area (Å²) in [5.74, 6) is 1.04. The molecule has 1 spiro atoms. The summed E-state index contributed by atoms with van der Waals surface area (Å²) in [5, 5.41) is 13.3. The number of ether oxygens (including phenoxy) is 2. The van der Waals surface area contributed by atoms with Crippen LogP contribution in [0.15, 0.2) is 42.5 Å². The number of nitrogens with one attached hydrogen (secondary N) is 1. The highest BCUT2D eigenvalue weighted by Gasteiger charge is 2.54. The lowest BCUT2D eigenvalue weighted by molar-refractivity contribution is -0.133. The minimum Gasteiger partial charge on any atom is -0.497 e. The first-order valence-corrected chi connectivity index (χ1v) is 10.7. The van der Waals surface area contributed by atoms with Gasteiger partial charge >= 0.3 is 6.03 Å². The van der Waals surface area contributed by atoms with Gasteiger partial charge in [-0.15, -0.1) is 0 Å². The summed E-state index contributed by atoms with van der Waals surface area (Å²) in [6.45, 7) is 1.94. The SMILES string of the molecule is CCc1ccc(OCC(O)CN2C(=O)NC3(CCCc4cc(OC)ccc43)C2=O)cc1. The molecule has 1 heterocycles. The largest absolute Gasteiger partial charge is 0.497 e. The van der Waals surface area contributed by atoms with Crippen molar-refractivity contribution < 1.29 is 24.2 Å². The summed E-state index contributed by atoms with van der Waals surface area (Å²) in [6, 6.07) is 12.7. The smallest absolute Gasteiger partial charge is 0.325 e. The monoisotopic (exact) mass is 424 g/mol. The van der Waals surface area contributed by atoms with E-state index in [2.05, 4.69) is 12.2 Å². The fourth-order valence-corrected chi connectivity index (χ4v) is 4.42. The van der Waals surface area contributed by atoms with Crippen LogP contribution in [0.4, 0.5) is 4.79 Å². The number of aryl methyl sites for hydroxylation is 2. The van der Waals surface area contributed by atoms with Gasteiger partial charge in [0.1, 0.15) is 29.7 Å². The molecule has 0 bridgehead atoms. The van der Waals surface area contributed by atoms with Crippen LogP contribution in [0.3, 0.4) is 0 Å². The number of urea groups is 1. The molecular formula is C24H28N2O5. The number of fused-ring (bicyclic) bond motifs is 2. The highest BCUT2D eigenvalue weighted by atomic mass is 16.5. The molecule has 1 aliphatic heterocycles. The lowest BCUT2D eigenvalue weighted by atomic mass is 9.76. The van der Waals surface area contributed by atoms with Gasteiger partial charge < -0.3 is 19.9 Å².